The molecule has 0 aromatic heterocycles. The molecule has 0 aliphatic rings. The Hall–Kier alpha value is -2.94. The van der Waals surface area contributed by atoms with Gasteiger partial charge in [0.15, 0.2) is 11.5 Å². The average Bonchev–Trinajstić information content (AvgIpc) is 2.72. The van der Waals surface area contributed by atoms with Crippen molar-refractivity contribution in [2.24, 2.45) is 0 Å². The average molecular weight is 348 g/mol. The van der Waals surface area contributed by atoms with E-state index in [2.05, 4.69) is 36.4 Å². The minimum absolute atomic E-state index is 0.749. The molecule has 0 amide bonds. The molecule has 0 aliphatic heterocycles. The van der Waals surface area contributed by atoms with E-state index in [1.54, 1.807) is 21.3 Å². The summed E-state index contributed by atoms with van der Waals surface area (Å²) in [6.45, 7) is 0. The van der Waals surface area contributed by atoms with E-state index in [0.29, 0.717) is 0 Å². The maximum atomic E-state index is 5.63. The quantitative estimate of drug-likeness (QED) is 0.590. The summed E-state index contributed by atoms with van der Waals surface area (Å²) in [5.74, 6) is 2.43. The number of methoxy groups -OCH3 is 3. The number of ether oxygens (including phenoxy) is 3. The van der Waals surface area contributed by atoms with Crippen molar-refractivity contribution in [3.63, 3.8) is 0 Å². The van der Waals surface area contributed by atoms with Crippen molar-refractivity contribution in [3.05, 3.63) is 77.9 Å². The topological polar surface area (TPSA) is 27.7 Å². The molecule has 0 fully saturated rings. The van der Waals surface area contributed by atoms with Crippen molar-refractivity contribution < 1.29 is 14.2 Å². The summed E-state index contributed by atoms with van der Waals surface area (Å²) in [5.41, 5.74) is 4.84. The normalized spacial score (nSPS) is 10.4. The maximum Gasteiger partial charge on any atom is 0.160 e. The van der Waals surface area contributed by atoms with E-state index in [-0.39, 0.29) is 0 Å². The van der Waals surface area contributed by atoms with Crippen LogP contribution in [0.25, 0.3) is 11.1 Å². The molecule has 26 heavy (non-hydrogen) atoms. The van der Waals surface area contributed by atoms with Crippen LogP contribution >= 0.6 is 0 Å². The molecule has 0 saturated carbocycles. The van der Waals surface area contributed by atoms with Gasteiger partial charge in [-0.1, -0.05) is 48.5 Å². The van der Waals surface area contributed by atoms with Crippen LogP contribution in [0, 0.1) is 0 Å². The lowest BCUT2D eigenvalue weighted by atomic mass is 9.94. The Labute approximate surface area is 155 Å². The Morgan fingerprint density at radius 1 is 0.615 bits per heavy atom. The molecular formula is C23H24O3. The van der Waals surface area contributed by atoms with E-state index < -0.39 is 0 Å². The van der Waals surface area contributed by atoms with Gasteiger partial charge in [0, 0.05) is 5.56 Å². The molecule has 0 bridgehead atoms. The Kier molecular flexibility index (Phi) is 5.80. The second-order valence-electron chi connectivity index (χ2n) is 6.04. The molecule has 0 atom stereocenters. The van der Waals surface area contributed by atoms with Gasteiger partial charge in [0.2, 0.25) is 0 Å². The van der Waals surface area contributed by atoms with E-state index in [4.69, 9.17) is 14.2 Å². The summed E-state index contributed by atoms with van der Waals surface area (Å²) >= 11 is 0. The fraction of sp³-hybridized carbons (Fsp3) is 0.217. The summed E-state index contributed by atoms with van der Waals surface area (Å²) < 4.78 is 16.4. The van der Waals surface area contributed by atoms with Crippen molar-refractivity contribution in [2.45, 2.75) is 12.8 Å². The Morgan fingerprint density at radius 3 is 2.04 bits per heavy atom. The first-order valence-electron chi connectivity index (χ1n) is 8.69. The molecule has 0 aliphatic carbocycles. The second kappa shape index (κ2) is 8.43. The number of hydrogen-bond acceptors (Lipinski definition) is 3. The number of benzene rings is 3. The van der Waals surface area contributed by atoms with Gasteiger partial charge in [0.05, 0.1) is 21.3 Å². The summed E-state index contributed by atoms with van der Waals surface area (Å²) in [7, 11) is 5.04. The first-order valence-corrected chi connectivity index (χ1v) is 8.69. The van der Waals surface area contributed by atoms with Crippen LogP contribution in [0.1, 0.15) is 11.1 Å². The standard InChI is InChI=1S/C23H24O3/c1-24-21-11-7-10-19(18-8-5-4-6-9-18)20(21)14-12-17-13-15-22(25-2)23(16-17)26-3/h4-11,13,15-16H,12,14H2,1-3H3. The first-order chi connectivity index (χ1) is 12.8. The van der Waals surface area contributed by atoms with Gasteiger partial charge >= 0.3 is 0 Å². The smallest absolute Gasteiger partial charge is 0.160 e. The second-order valence-corrected chi connectivity index (χ2v) is 6.04. The molecule has 3 aromatic carbocycles. The fourth-order valence-electron chi connectivity index (χ4n) is 3.21. The van der Waals surface area contributed by atoms with E-state index in [9.17, 15) is 0 Å². The molecule has 3 rings (SSSR count). The Morgan fingerprint density at radius 2 is 1.35 bits per heavy atom. The fourth-order valence-corrected chi connectivity index (χ4v) is 3.21. The monoisotopic (exact) mass is 348 g/mol. The van der Waals surface area contributed by atoms with Crippen LogP contribution in [-0.4, -0.2) is 21.3 Å². The molecule has 3 nitrogen and oxygen atoms in total. The molecule has 0 saturated heterocycles. The first kappa shape index (κ1) is 17.9. The zero-order valence-electron chi connectivity index (χ0n) is 15.5. The SMILES string of the molecule is COc1ccc(CCc2c(OC)cccc2-c2ccccc2)cc1OC. The van der Waals surface area contributed by atoms with Gasteiger partial charge in [0.1, 0.15) is 5.75 Å². The van der Waals surface area contributed by atoms with Gasteiger partial charge in [-0.05, 0) is 47.7 Å². The highest BCUT2D eigenvalue weighted by Gasteiger charge is 2.12. The van der Waals surface area contributed by atoms with Crippen LogP contribution in [0.5, 0.6) is 17.2 Å². The lowest BCUT2D eigenvalue weighted by Gasteiger charge is -2.15. The van der Waals surface area contributed by atoms with Crippen LogP contribution in [-0.2, 0) is 12.8 Å². The predicted octanol–water partition coefficient (Wildman–Crippen LogP) is 5.16. The minimum Gasteiger partial charge on any atom is -0.496 e. The maximum absolute atomic E-state index is 5.63. The molecule has 0 N–H and O–H groups in total. The van der Waals surface area contributed by atoms with Crippen LogP contribution in [0.15, 0.2) is 66.7 Å². The van der Waals surface area contributed by atoms with Crippen molar-refractivity contribution >= 4 is 0 Å². The molecule has 0 unspecified atom stereocenters. The van der Waals surface area contributed by atoms with E-state index >= 15 is 0 Å². The predicted molar refractivity (Wildman–Crippen MR) is 105 cm³/mol. The number of rotatable bonds is 7. The van der Waals surface area contributed by atoms with Crippen LogP contribution in [0.2, 0.25) is 0 Å². The van der Waals surface area contributed by atoms with E-state index in [1.807, 2.05) is 30.3 Å². The lowest BCUT2D eigenvalue weighted by molar-refractivity contribution is 0.354. The minimum atomic E-state index is 0.749. The zero-order valence-corrected chi connectivity index (χ0v) is 15.5. The van der Waals surface area contributed by atoms with E-state index in [0.717, 1.165) is 30.1 Å². The molecular weight excluding hydrogens is 324 g/mol. The van der Waals surface area contributed by atoms with Crippen molar-refractivity contribution in [1.82, 2.24) is 0 Å². The van der Waals surface area contributed by atoms with E-state index in [1.165, 1.54) is 22.3 Å². The molecule has 0 radical (unpaired) electrons. The van der Waals surface area contributed by atoms with Crippen LogP contribution in [0.4, 0.5) is 0 Å². The molecule has 134 valence electrons. The summed E-state index contributed by atoms with van der Waals surface area (Å²) in [6.07, 6.45) is 1.77. The lowest BCUT2D eigenvalue weighted by Crippen LogP contribution is -1.99. The molecule has 3 aromatic rings. The molecule has 3 heteroatoms. The van der Waals surface area contributed by atoms with Crippen molar-refractivity contribution in [3.8, 4) is 28.4 Å². The van der Waals surface area contributed by atoms with Crippen molar-refractivity contribution in [2.75, 3.05) is 21.3 Å². The third-order valence-corrected chi connectivity index (χ3v) is 4.55. The summed E-state index contributed by atoms with van der Waals surface area (Å²) in [4.78, 5) is 0. The van der Waals surface area contributed by atoms with Gasteiger partial charge in [-0.2, -0.15) is 0 Å². The molecule has 0 heterocycles. The largest absolute Gasteiger partial charge is 0.496 e. The third kappa shape index (κ3) is 3.83. The number of hydrogen-bond donors (Lipinski definition) is 0. The Balaban J connectivity index is 1.90. The summed E-state index contributed by atoms with van der Waals surface area (Å²) in [5, 5.41) is 0. The van der Waals surface area contributed by atoms with Gasteiger partial charge < -0.3 is 14.2 Å². The highest BCUT2D eigenvalue weighted by Crippen LogP contribution is 2.33. The Bertz CT molecular complexity index is 857. The van der Waals surface area contributed by atoms with Gasteiger partial charge in [-0.3, -0.25) is 0 Å². The van der Waals surface area contributed by atoms with Crippen LogP contribution in [0.3, 0.4) is 0 Å². The van der Waals surface area contributed by atoms with Gasteiger partial charge in [-0.25, -0.2) is 0 Å². The summed E-state index contributed by atoms with van der Waals surface area (Å²) in [6, 6.07) is 22.7. The van der Waals surface area contributed by atoms with Gasteiger partial charge in [-0.15, -0.1) is 0 Å². The van der Waals surface area contributed by atoms with Gasteiger partial charge in [0.25, 0.3) is 0 Å². The highest BCUT2D eigenvalue weighted by atomic mass is 16.5. The highest BCUT2D eigenvalue weighted by molar-refractivity contribution is 5.70. The van der Waals surface area contributed by atoms with Crippen LogP contribution < -0.4 is 14.2 Å². The number of aryl methyl sites for hydroxylation is 1. The molecule has 0 spiro atoms. The third-order valence-electron chi connectivity index (χ3n) is 4.55. The zero-order chi connectivity index (χ0) is 18.4. The van der Waals surface area contributed by atoms with Crippen molar-refractivity contribution in [1.29, 1.82) is 0 Å².